The van der Waals surface area contributed by atoms with Gasteiger partial charge in [-0.1, -0.05) is 91.0 Å². The molecule has 3 unspecified atom stereocenters. The average Bonchev–Trinajstić information content (AvgIpc) is 3.61. The van der Waals surface area contributed by atoms with Crippen LogP contribution in [0, 0.1) is 6.92 Å². The smallest absolute Gasteiger partial charge is 0.330 e. The van der Waals surface area contributed by atoms with Crippen LogP contribution in [0.15, 0.2) is 107 Å². The summed E-state index contributed by atoms with van der Waals surface area (Å²) in [6, 6.07) is 32.2. The molecule has 0 bridgehead atoms. The van der Waals surface area contributed by atoms with Crippen molar-refractivity contribution in [3.63, 3.8) is 0 Å². The predicted octanol–water partition coefficient (Wildman–Crippen LogP) is 6.22. The zero-order valence-corrected chi connectivity index (χ0v) is 30.6. The lowest BCUT2D eigenvalue weighted by Gasteiger charge is -2.50. The predicted molar refractivity (Wildman–Crippen MR) is 199 cm³/mol. The Hall–Kier alpha value is -3.14. The molecule has 4 heterocycles. The number of rotatable bonds is 10. The fourth-order valence-corrected chi connectivity index (χ4v) is 10.1. The van der Waals surface area contributed by atoms with Crippen LogP contribution >= 0.6 is 18.9 Å². The van der Waals surface area contributed by atoms with Crippen molar-refractivity contribution in [2.24, 2.45) is 0 Å². The molecular formula is C39H48ClN5O4P+. The minimum Gasteiger partial charge on any atom is -0.350 e. The maximum absolute atomic E-state index is 13.3. The standard InChI is InChI=1S/C39H47ClN5O4P/c1-30-26-44(38(47)41-37(30)46)36-28-42(27-35(49-36)29-48-50(40)43-22-20-34(21-23-43)45(2)24-12-13-25-45)39(31-14-6-3-7-15-31,32-16-8-4-9-17-32)33-18-10-5-11-19-33/h3-11,14-19,26,34-36H,12-13,20-25,27-29H2,1-2H3/p+1. The Morgan fingerprint density at radius 1 is 0.880 bits per heavy atom. The maximum Gasteiger partial charge on any atom is 0.330 e. The molecular weight excluding hydrogens is 669 g/mol. The van der Waals surface area contributed by atoms with Gasteiger partial charge in [0.2, 0.25) is 7.65 Å². The first kappa shape index (κ1) is 35.3. The van der Waals surface area contributed by atoms with Gasteiger partial charge in [0.25, 0.3) is 5.56 Å². The number of piperidine rings is 1. The molecule has 3 aromatic carbocycles. The molecule has 0 saturated carbocycles. The second kappa shape index (κ2) is 15.2. The van der Waals surface area contributed by atoms with Crippen LogP contribution in [-0.2, 0) is 14.8 Å². The van der Waals surface area contributed by atoms with Gasteiger partial charge in [0.15, 0.2) is 6.23 Å². The van der Waals surface area contributed by atoms with Crippen molar-refractivity contribution < 1.29 is 13.7 Å². The Balaban J connectivity index is 1.22. The molecule has 1 N–H and O–H groups in total. The zero-order chi connectivity index (χ0) is 34.7. The number of nitrogens with zero attached hydrogens (tertiary/aromatic N) is 4. The van der Waals surface area contributed by atoms with Crippen LogP contribution in [0.3, 0.4) is 0 Å². The number of aryl methyl sites for hydroxylation is 1. The van der Waals surface area contributed by atoms with Gasteiger partial charge in [-0.2, -0.15) is 0 Å². The molecule has 4 aromatic rings. The first-order valence-electron chi connectivity index (χ1n) is 17.8. The fourth-order valence-electron chi connectivity index (χ4n) is 8.50. The third-order valence-electron chi connectivity index (χ3n) is 11.2. The van der Waals surface area contributed by atoms with E-state index in [1.54, 1.807) is 13.1 Å². The fraction of sp³-hybridized carbons (Fsp3) is 0.436. The van der Waals surface area contributed by atoms with E-state index in [9.17, 15) is 9.59 Å². The summed E-state index contributed by atoms with van der Waals surface area (Å²) in [7, 11) is 1.08. The summed E-state index contributed by atoms with van der Waals surface area (Å²) in [5.74, 6) is 0. The van der Waals surface area contributed by atoms with Gasteiger partial charge in [-0.25, -0.2) is 9.46 Å². The molecule has 0 radical (unpaired) electrons. The number of H-pyrrole nitrogens is 1. The van der Waals surface area contributed by atoms with Gasteiger partial charge in [0.1, 0.15) is 0 Å². The third kappa shape index (κ3) is 7.02. The van der Waals surface area contributed by atoms with Crippen molar-refractivity contribution >= 4 is 18.9 Å². The van der Waals surface area contributed by atoms with Crippen molar-refractivity contribution in [2.75, 3.05) is 52.9 Å². The number of halogens is 1. The minimum atomic E-state index is -1.35. The lowest BCUT2D eigenvalue weighted by Crippen LogP contribution is -2.58. The summed E-state index contributed by atoms with van der Waals surface area (Å²) in [4.78, 5) is 30.6. The summed E-state index contributed by atoms with van der Waals surface area (Å²) in [5, 5.41) is 0. The molecule has 3 atom stereocenters. The number of hydrogen-bond acceptors (Lipinski definition) is 6. The Morgan fingerprint density at radius 3 is 1.96 bits per heavy atom. The van der Waals surface area contributed by atoms with E-state index >= 15 is 0 Å². The summed E-state index contributed by atoms with van der Waals surface area (Å²) >= 11 is 7.05. The monoisotopic (exact) mass is 716 g/mol. The highest BCUT2D eigenvalue weighted by Crippen LogP contribution is 2.50. The van der Waals surface area contributed by atoms with Crippen LogP contribution in [0.25, 0.3) is 0 Å². The number of aromatic amines is 1. The largest absolute Gasteiger partial charge is 0.350 e. The molecule has 0 amide bonds. The summed E-state index contributed by atoms with van der Waals surface area (Å²) in [6.45, 7) is 7.28. The number of quaternary nitrogens is 1. The summed E-state index contributed by atoms with van der Waals surface area (Å²) < 4.78 is 18.2. The number of nitrogens with one attached hydrogen (secondary N) is 1. The number of likely N-dealkylation sites (tertiary alicyclic amines) is 1. The summed E-state index contributed by atoms with van der Waals surface area (Å²) in [5.41, 5.74) is 2.10. The molecule has 9 nitrogen and oxygen atoms in total. The van der Waals surface area contributed by atoms with Crippen LogP contribution in [0.5, 0.6) is 0 Å². The van der Waals surface area contributed by atoms with Crippen molar-refractivity contribution in [2.45, 2.75) is 56.5 Å². The first-order chi connectivity index (χ1) is 24.3. The molecule has 50 heavy (non-hydrogen) atoms. The number of aromatic nitrogens is 2. The van der Waals surface area contributed by atoms with E-state index in [0.29, 0.717) is 24.7 Å². The number of morpholine rings is 1. The van der Waals surface area contributed by atoms with E-state index < -0.39 is 36.8 Å². The lowest BCUT2D eigenvalue weighted by atomic mass is 9.75. The van der Waals surface area contributed by atoms with Crippen LogP contribution in [0.2, 0.25) is 0 Å². The Kier molecular flexibility index (Phi) is 10.7. The minimum absolute atomic E-state index is 0.265. The van der Waals surface area contributed by atoms with Crippen LogP contribution in [0.1, 0.15) is 54.2 Å². The van der Waals surface area contributed by atoms with Crippen LogP contribution in [-0.4, -0.2) is 88.7 Å². The van der Waals surface area contributed by atoms with E-state index in [0.717, 1.165) is 42.6 Å². The molecule has 7 rings (SSSR count). The molecule has 3 saturated heterocycles. The molecule has 11 heteroatoms. The van der Waals surface area contributed by atoms with E-state index in [-0.39, 0.29) is 6.61 Å². The number of ether oxygens (including phenoxy) is 1. The van der Waals surface area contributed by atoms with Gasteiger partial charge in [-0.15, -0.1) is 0 Å². The van der Waals surface area contributed by atoms with E-state index in [1.807, 2.05) is 18.2 Å². The van der Waals surface area contributed by atoms with E-state index in [2.05, 4.69) is 94.4 Å². The van der Waals surface area contributed by atoms with Gasteiger partial charge in [-0.3, -0.25) is 19.2 Å². The maximum atomic E-state index is 13.3. The van der Waals surface area contributed by atoms with Gasteiger partial charge in [-0.05, 0) is 34.9 Å². The van der Waals surface area contributed by atoms with E-state index in [1.165, 1.54) is 35.0 Å². The first-order valence-corrected chi connectivity index (χ1v) is 20.0. The van der Waals surface area contributed by atoms with Gasteiger partial charge in [0.05, 0.1) is 44.4 Å². The molecule has 3 aliphatic heterocycles. The molecule has 0 aliphatic carbocycles. The average molecular weight is 717 g/mol. The second-order valence-electron chi connectivity index (χ2n) is 14.2. The second-order valence-corrected chi connectivity index (χ2v) is 16.4. The van der Waals surface area contributed by atoms with E-state index in [4.69, 9.17) is 20.5 Å². The van der Waals surface area contributed by atoms with Crippen LogP contribution < -0.4 is 11.2 Å². The quantitative estimate of drug-likeness (QED) is 0.119. The van der Waals surface area contributed by atoms with Crippen LogP contribution in [0.4, 0.5) is 0 Å². The Labute approximate surface area is 300 Å². The number of benzene rings is 3. The Bertz CT molecular complexity index is 1730. The Morgan fingerprint density at radius 2 is 1.42 bits per heavy atom. The lowest BCUT2D eigenvalue weighted by molar-refractivity contribution is -0.923. The molecule has 1 aromatic heterocycles. The van der Waals surface area contributed by atoms with Gasteiger partial charge < -0.3 is 13.7 Å². The van der Waals surface area contributed by atoms with Gasteiger partial charge in [0, 0.05) is 63.6 Å². The number of hydrogen-bond donors (Lipinski definition) is 1. The molecule has 3 aliphatic rings. The zero-order valence-electron chi connectivity index (χ0n) is 29.0. The molecule has 3 fully saturated rings. The highest BCUT2D eigenvalue weighted by Gasteiger charge is 2.47. The molecule has 264 valence electrons. The van der Waals surface area contributed by atoms with Crippen molar-refractivity contribution in [1.82, 2.24) is 19.1 Å². The topological polar surface area (TPSA) is 79.8 Å². The van der Waals surface area contributed by atoms with Crippen molar-refractivity contribution in [3.8, 4) is 0 Å². The highest BCUT2D eigenvalue weighted by atomic mass is 35.7. The molecule has 0 spiro atoms. The van der Waals surface area contributed by atoms with Crippen molar-refractivity contribution in [3.05, 3.63) is 140 Å². The summed E-state index contributed by atoms with van der Waals surface area (Å²) in [6.07, 6.45) is 5.40. The SMILES string of the molecule is Cc1cn(C2CN(C(c3ccccc3)(c3ccccc3)c3ccccc3)CC(COP(Cl)N3CCC([N+]4(C)CCCC4)CC3)O2)c(=O)[nH]c1=O. The highest BCUT2D eigenvalue weighted by molar-refractivity contribution is 7.78. The normalized spacial score (nSPS) is 22.8. The van der Waals surface area contributed by atoms with Gasteiger partial charge >= 0.3 is 5.69 Å². The third-order valence-corrected chi connectivity index (χ3v) is 13.3. The van der Waals surface area contributed by atoms with Crippen molar-refractivity contribution in [1.29, 1.82) is 0 Å².